The summed E-state index contributed by atoms with van der Waals surface area (Å²) in [6.45, 7) is 2.23. The molecule has 0 unspecified atom stereocenters. The normalized spacial score (nSPS) is 11.9. The first-order valence-corrected chi connectivity index (χ1v) is 9.58. The predicted molar refractivity (Wildman–Crippen MR) is 96.2 cm³/mol. The molecule has 2 N–H and O–H groups in total. The zero-order valence-electron chi connectivity index (χ0n) is 14.7. The summed E-state index contributed by atoms with van der Waals surface area (Å²) in [6, 6.07) is 10.1. The molecule has 27 heavy (non-hydrogen) atoms. The van der Waals surface area contributed by atoms with Crippen molar-refractivity contribution in [3.8, 4) is 0 Å². The number of rotatable bonds is 6. The SMILES string of the molecule is CCc1cccc(C)c1NS(=O)(=O)c1ccc(C(=O)NCC(F)(F)F)cc1. The van der Waals surface area contributed by atoms with Crippen LogP contribution in [0.25, 0.3) is 0 Å². The summed E-state index contributed by atoms with van der Waals surface area (Å²) in [7, 11) is -3.91. The number of alkyl halides is 3. The van der Waals surface area contributed by atoms with Gasteiger partial charge in [0.1, 0.15) is 6.54 Å². The van der Waals surface area contributed by atoms with Gasteiger partial charge in [-0.1, -0.05) is 25.1 Å². The van der Waals surface area contributed by atoms with Crippen LogP contribution in [0.2, 0.25) is 0 Å². The van der Waals surface area contributed by atoms with Gasteiger partial charge in [-0.15, -0.1) is 0 Å². The molecule has 0 saturated carbocycles. The van der Waals surface area contributed by atoms with Crippen molar-refractivity contribution in [2.75, 3.05) is 11.3 Å². The number of anilines is 1. The second kappa shape index (κ2) is 7.99. The van der Waals surface area contributed by atoms with Crippen molar-refractivity contribution < 1.29 is 26.4 Å². The first-order valence-electron chi connectivity index (χ1n) is 8.10. The molecule has 0 radical (unpaired) electrons. The van der Waals surface area contributed by atoms with E-state index >= 15 is 0 Å². The number of hydrogen-bond donors (Lipinski definition) is 2. The lowest BCUT2D eigenvalue weighted by molar-refractivity contribution is -0.123. The van der Waals surface area contributed by atoms with Crippen molar-refractivity contribution in [3.05, 3.63) is 59.2 Å². The molecule has 2 aromatic rings. The molecular weight excluding hydrogens is 381 g/mol. The molecule has 2 aromatic carbocycles. The summed E-state index contributed by atoms with van der Waals surface area (Å²) in [5.41, 5.74) is 2.03. The molecule has 146 valence electrons. The van der Waals surface area contributed by atoms with E-state index < -0.39 is 28.7 Å². The Labute approximate surface area is 155 Å². The van der Waals surface area contributed by atoms with E-state index in [0.29, 0.717) is 12.1 Å². The van der Waals surface area contributed by atoms with Crippen LogP contribution in [0.4, 0.5) is 18.9 Å². The second-order valence-corrected chi connectivity index (χ2v) is 7.57. The smallest absolute Gasteiger partial charge is 0.343 e. The average molecular weight is 400 g/mol. The maximum atomic E-state index is 12.6. The minimum atomic E-state index is -4.52. The van der Waals surface area contributed by atoms with E-state index in [9.17, 15) is 26.4 Å². The highest BCUT2D eigenvalue weighted by Gasteiger charge is 2.28. The lowest BCUT2D eigenvalue weighted by atomic mass is 10.1. The molecule has 0 heterocycles. The van der Waals surface area contributed by atoms with Crippen LogP contribution >= 0.6 is 0 Å². The Hall–Kier alpha value is -2.55. The van der Waals surface area contributed by atoms with E-state index in [2.05, 4.69) is 4.72 Å². The molecule has 0 aliphatic rings. The van der Waals surface area contributed by atoms with Crippen LogP contribution in [0, 0.1) is 6.92 Å². The van der Waals surface area contributed by atoms with Crippen LogP contribution in [-0.2, 0) is 16.4 Å². The van der Waals surface area contributed by atoms with Gasteiger partial charge < -0.3 is 5.32 Å². The lowest BCUT2D eigenvalue weighted by Gasteiger charge is -2.14. The van der Waals surface area contributed by atoms with Crippen molar-refractivity contribution in [1.29, 1.82) is 0 Å². The van der Waals surface area contributed by atoms with Gasteiger partial charge >= 0.3 is 6.18 Å². The molecule has 2 rings (SSSR count). The second-order valence-electron chi connectivity index (χ2n) is 5.89. The van der Waals surface area contributed by atoms with Crippen molar-refractivity contribution in [2.24, 2.45) is 0 Å². The topological polar surface area (TPSA) is 75.3 Å². The first-order chi connectivity index (χ1) is 12.5. The van der Waals surface area contributed by atoms with Crippen molar-refractivity contribution in [1.82, 2.24) is 5.32 Å². The first kappa shape index (κ1) is 20.8. The van der Waals surface area contributed by atoms with E-state index in [0.717, 1.165) is 11.1 Å². The number of hydrogen-bond acceptors (Lipinski definition) is 3. The van der Waals surface area contributed by atoms with E-state index in [1.807, 2.05) is 19.1 Å². The van der Waals surface area contributed by atoms with Gasteiger partial charge in [0.25, 0.3) is 15.9 Å². The molecule has 0 atom stereocenters. The minimum absolute atomic E-state index is 0.0664. The highest BCUT2D eigenvalue weighted by molar-refractivity contribution is 7.92. The Morgan fingerprint density at radius 3 is 2.26 bits per heavy atom. The molecule has 0 aromatic heterocycles. The Bertz CT molecular complexity index is 924. The molecule has 0 aliphatic heterocycles. The van der Waals surface area contributed by atoms with Crippen LogP contribution in [0.3, 0.4) is 0 Å². The van der Waals surface area contributed by atoms with Crippen molar-refractivity contribution in [2.45, 2.75) is 31.3 Å². The van der Waals surface area contributed by atoms with Crippen LogP contribution < -0.4 is 10.0 Å². The van der Waals surface area contributed by atoms with Gasteiger partial charge in [0, 0.05) is 5.56 Å². The number of amides is 1. The Morgan fingerprint density at radius 1 is 1.07 bits per heavy atom. The molecule has 0 aliphatic carbocycles. The molecule has 5 nitrogen and oxygen atoms in total. The standard InChI is InChI=1S/C18H19F3N2O3S/c1-3-13-6-4-5-12(2)16(13)23-27(25,26)15-9-7-14(8-10-15)17(24)22-11-18(19,20)21/h4-10,23H,3,11H2,1-2H3,(H,22,24). The Kier molecular flexibility index (Phi) is 6.15. The number of para-hydroxylation sites is 1. The highest BCUT2D eigenvalue weighted by Crippen LogP contribution is 2.24. The average Bonchev–Trinajstić information content (AvgIpc) is 2.60. The van der Waals surface area contributed by atoms with Gasteiger partial charge in [0.15, 0.2) is 0 Å². The van der Waals surface area contributed by atoms with E-state index in [1.165, 1.54) is 24.3 Å². The van der Waals surface area contributed by atoms with E-state index in [-0.39, 0.29) is 10.5 Å². The van der Waals surface area contributed by atoms with Crippen LogP contribution in [0.5, 0.6) is 0 Å². The number of halogens is 3. The third kappa shape index (κ3) is 5.46. The predicted octanol–water partition coefficient (Wildman–Crippen LogP) is 3.65. The Morgan fingerprint density at radius 2 is 1.70 bits per heavy atom. The van der Waals surface area contributed by atoms with Crippen LogP contribution in [0.1, 0.15) is 28.4 Å². The number of sulfonamides is 1. The quantitative estimate of drug-likeness (QED) is 0.777. The number of carbonyl (C=O) groups is 1. The highest BCUT2D eigenvalue weighted by atomic mass is 32.2. The minimum Gasteiger partial charge on any atom is -0.343 e. The summed E-state index contributed by atoms with van der Waals surface area (Å²) in [5, 5.41) is 1.73. The van der Waals surface area contributed by atoms with E-state index in [4.69, 9.17) is 0 Å². The number of aryl methyl sites for hydroxylation is 2. The van der Waals surface area contributed by atoms with Gasteiger partial charge in [-0.05, 0) is 48.7 Å². The number of benzene rings is 2. The third-order valence-electron chi connectivity index (χ3n) is 3.85. The maximum absolute atomic E-state index is 12.6. The monoisotopic (exact) mass is 400 g/mol. The molecule has 1 amide bonds. The van der Waals surface area contributed by atoms with Crippen LogP contribution in [-0.4, -0.2) is 27.0 Å². The fourth-order valence-electron chi connectivity index (χ4n) is 2.43. The van der Waals surface area contributed by atoms with Crippen molar-refractivity contribution >= 4 is 21.6 Å². The number of carbonyl (C=O) groups excluding carboxylic acids is 1. The fourth-order valence-corrected chi connectivity index (χ4v) is 3.60. The zero-order chi connectivity index (χ0) is 20.2. The lowest BCUT2D eigenvalue weighted by Crippen LogP contribution is -2.33. The largest absolute Gasteiger partial charge is 0.405 e. The molecule has 0 fully saturated rings. The molecular formula is C18H19F3N2O3S. The summed E-state index contributed by atoms with van der Waals surface area (Å²) in [5.74, 6) is -0.934. The van der Waals surface area contributed by atoms with Crippen LogP contribution in [0.15, 0.2) is 47.4 Å². The van der Waals surface area contributed by atoms with Gasteiger partial charge in [0.2, 0.25) is 0 Å². The summed E-state index contributed by atoms with van der Waals surface area (Å²) < 4.78 is 64.2. The van der Waals surface area contributed by atoms with E-state index in [1.54, 1.807) is 18.3 Å². The summed E-state index contributed by atoms with van der Waals surface area (Å²) in [4.78, 5) is 11.6. The molecule has 0 spiro atoms. The molecule has 0 saturated heterocycles. The number of nitrogens with one attached hydrogen (secondary N) is 2. The molecule has 9 heteroatoms. The van der Waals surface area contributed by atoms with Gasteiger partial charge in [-0.25, -0.2) is 8.42 Å². The maximum Gasteiger partial charge on any atom is 0.405 e. The zero-order valence-corrected chi connectivity index (χ0v) is 15.5. The fraction of sp³-hybridized carbons (Fsp3) is 0.278. The summed E-state index contributed by atoms with van der Waals surface area (Å²) >= 11 is 0. The van der Waals surface area contributed by atoms with Gasteiger partial charge in [-0.2, -0.15) is 13.2 Å². The summed E-state index contributed by atoms with van der Waals surface area (Å²) in [6.07, 6.45) is -3.88. The Balaban J connectivity index is 2.20. The third-order valence-corrected chi connectivity index (χ3v) is 5.22. The van der Waals surface area contributed by atoms with Gasteiger partial charge in [0.05, 0.1) is 10.6 Å². The van der Waals surface area contributed by atoms with Crippen molar-refractivity contribution in [3.63, 3.8) is 0 Å². The van der Waals surface area contributed by atoms with Gasteiger partial charge in [-0.3, -0.25) is 9.52 Å². The molecule has 0 bridgehead atoms.